The molecule has 4 rings (SSSR count). The van der Waals surface area contributed by atoms with Gasteiger partial charge in [0.25, 0.3) is 0 Å². The molecule has 168 valence electrons. The van der Waals surface area contributed by atoms with Gasteiger partial charge < -0.3 is 10.6 Å². The van der Waals surface area contributed by atoms with Crippen LogP contribution in [0.2, 0.25) is 0 Å². The van der Waals surface area contributed by atoms with E-state index < -0.39 is 9.84 Å². The van der Waals surface area contributed by atoms with Crippen molar-refractivity contribution in [2.75, 3.05) is 5.32 Å². The zero-order valence-corrected chi connectivity index (χ0v) is 18.9. The highest BCUT2D eigenvalue weighted by molar-refractivity contribution is 7.91. The summed E-state index contributed by atoms with van der Waals surface area (Å²) < 4.78 is 26.1. The first-order valence-corrected chi connectivity index (χ1v) is 11.9. The molecule has 0 amide bonds. The molecular formula is C26H21N5O2S. The zero-order chi connectivity index (χ0) is 23.8. The second kappa shape index (κ2) is 10.4. The lowest BCUT2D eigenvalue weighted by atomic mass is 10.1. The van der Waals surface area contributed by atoms with Gasteiger partial charge in [0.15, 0.2) is 0 Å². The highest BCUT2D eigenvalue weighted by Crippen LogP contribution is 2.25. The van der Waals surface area contributed by atoms with Gasteiger partial charge >= 0.3 is 0 Å². The topological polar surface area (TPSA) is 107 Å². The molecule has 0 aliphatic rings. The average molecular weight is 468 g/mol. The Bertz CT molecular complexity index is 1410. The molecule has 0 unspecified atom stereocenters. The monoisotopic (exact) mass is 467 g/mol. The molecule has 8 heteroatoms. The van der Waals surface area contributed by atoms with Gasteiger partial charge in [0, 0.05) is 24.6 Å². The minimum atomic E-state index is -3.64. The van der Waals surface area contributed by atoms with Gasteiger partial charge in [-0.1, -0.05) is 54.6 Å². The number of nitriles is 1. The third-order valence-electron chi connectivity index (χ3n) is 5.07. The van der Waals surface area contributed by atoms with Crippen molar-refractivity contribution in [1.82, 2.24) is 10.3 Å². The van der Waals surface area contributed by atoms with E-state index in [2.05, 4.69) is 20.6 Å². The number of pyridine rings is 1. The van der Waals surface area contributed by atoms with E-state index >= 15 is 0 Å². The van der Waals surface area contributed by atoms with Gasteiger partial charge in [0.1, 0.15) is 0 Å². The van der Waals surface area contributed by atoms with Crippen molar-refractivity contribution in [1.29, 1.82) is 5.26 Å². The molecule has 1 aromatic heterocycles. The van der Waals surface area contributed by atoms with Crippen LogP contribution in [0.25, 0.3) is 11.1 Å². The number of aromatic nitrogens is 1. The van der Waals surface area contributed by atoms with E-state index in [0.717, 1.165) is 22.4 Å². The van der Waals surface area contributed by atoms with E-state index in [0.29, 0.717) is 6.54 Å². The molecule has 0 atom stereocenters. The molecule has 0 saturated heterocycles. The molecule has 0 bridgehead atoms. The molecule has 4 aromatic rings. The van der Waals surface area contributed by atoms with Crippen molar-refractivity contribution >= 4 is 21.5 Å². The van der Waals surface area contributed by atoms with Crippen LogP contribution in [-0.2, 0) is 16.4 Å². The van der Waals surface area contributed by atoms with Gasteiger partial charge in [-0.05, 0) is 53.1 Å². The van der Waals surface area contributed by atoms with Crippen molar-refractivity contribution in [2.45, 2.75) is 16.3 Å². The molecule has 0 aliphatic carbocycles. The Morgan fingerprint density at radius 3 is 2.03 bits per heavy atom. The minimum absolute atomic E-state index is 0.213. The van der Waals surface area contributed by atoms with Crippen LogP contribution < -0.4 is 10.6 Å². The van der Waals surface area contributed by atoms with Gasteiger partial charge in [-0.25, -0.2) is 8.42 Å². The van der Waals surface area contributed by atoms with Crippen LogP contribution >= 0.6 is 0 Å². The number of nitrogens with zero attached hydrogens (tertiary/aromatic N) is 3. The van der Waals surface area contributed by atoms with Crippen LogP contribution in [0.4, 0.5) is 5.69 Å². The van der Waals surface area contributed by atoms with E-state index in [1.54, 1.807) is 67.1 Å². The van der Waals surface area contributed by atoms with E-state index in [1.165, 1.54) is 0 Å². The predicted octanol–water partition coefficient (Wildman–Crippen LogP) is 4.62. The Kier molecular flexibility index (Phi) is 6.96. The number of anilines is 1. The van der Waals surface area contributed by atoms with Gasteiger partial charge in [-0.2, -0.15) is 5.26 Å². The van der Waals surface area contributed by atoms with Gasteiger partial charge in [0.2, 0.25) is 22.0 Å². The van der Waals surface area contributed by atoms with Crippen LogP contribution in [0.15, 0.2) is 118 Å². The Labute approximate surface area is 198 Å². The summed E-state index contributed by atoms with van der Waals surface area (Å²) >= 11 is 0. The van der Waals surface area contributed by atoms with Crippen molar-refractivity contribution in [3.8, 4) is 17.3 Å². The summed E-state index contributed by atoms with van der Waals surface area (Å²) in [5.41, 5.74) is 3.55. The van der Waals surface area contributed by atoms with Gasteiger partial charge in [-0.15, -0.1) is 4.99 Å². The summed E-state index contributed by atoms with van der Waals surface area (Å²) in [6, 6.07) is 26.8. The van der Waals surface area contributed by atoms with Crippen LogP contribution in [-0.4, -0.2) is 19.4 Å². The van der Waals surface area contributed by atoms with Crippen molar-refractivity contribution in [3.63, 3.8) is 0 Å². The van der Waals surface area contributed by atoms with Crippen LogP contribution in [0, 0.1) is 11.5 Å². The summed E-state index contributed by atoms with van der Waals surface area (Å²) in [6.45, 7) is 0.352. The first kappa shape index (κ1) is 22.7. The summed E-state index contributed by atoms with van der Waals surface area (Å²) in [5, 5.41) is 15.0. The molecule has 2 N–H and O–H groups in total. The highest BCUT2D eigenvalue weighted by atomic mass is 32.2. The quantitative estimate of drug-likeness (QED) is 0.243. The summed E-state index contributed by atoms with van der Waals surface area (Å²) in [5.74, 6) is 0.281. The normalized spacial score (nSPS) is 11.4. The fourth-order valence-electron chi connectivity index (χ4n) is 3.30. The molecule has 0 radical (unpaired) electrons. The smallest absolute Gasteiger partial charge is 0.212 e. The lowest BCUT2D eigenvalue weighted by Crippen LogP contribution is -2.30. The second-order valence-corrected chi connectivity index (χ2v) is 9.26. The standard InChI is InChI=1S/C26H21N5O2S/c27-19-30-26(31-23-14-16-28-17-15-23)29-18-20-6-10-24(11-7-20)34(32,33)25-12-8-22(9-13-25)21-4-2-1-3-5-21/h1-17H,18H2,(H2,28,29,30,31). The van der Waals surface area contributed by atoms with Crippen LogP contribution in [0.3, 0.4) is 0 Å². The molecule has 0 aliphatic heterocycles. The number of benzene rings is 3. The fraction of sp³-hybridized carbons (Fsp3) is 0.0385. The Morgan fingerprint density at radius 1 is 0.824 bits per heavy atom. The largest absolute Gasteiger partial charge is 0.351 e. The predicted molar refractivity (Wildman–Crippen MR) is 132 cm³/mol. The summed E-state index contributed by atoms with van der Waals surface area (Å²) in [4.78, 5) is 8.14. The maximum atomic E-state index is 13.1. The number of rotatable bonds is 6. The third-order valence-corrected chi connectivity index (χ3v) is 6.86. The summed E-state index contributed by atoms with van der Waals surface area (Å²) in [7, 11) is -3.64. The minimum Gasteiger partial charge on any atom is -0.351 e. The maximum Gasteiger partial charge on any atom is 0.212 e. The van der Waals surface area contributed by atoms with E-state index in [9.17, 15) is 8.42 Å². The van der Waals surface area contributed by atoms with E-state index in [-0.39, 0.29) is 15.8 Å². The number of hydrogen-bond acceptors (Lipinski definition) is 5. The molecule has 7 nitrogen and oxygen atoms in total. The lowest BCUT2D eigenvalue weighted by molar-refractivity contribution is 0.596. The average Bonchev–Trinajstić information content (AvgIpc) is 2.89. The number of sulfone groups is 1. The first-order valence-electron chi connectivity index (χ1n) is 10.4. The zero-order valence-electron chi connectivity index (χ0n) is 18.1. The molecule has 0 saturated carbocycles. The number of aliphatic imine (C=N–C) groups is 1. The molecule has 3 aromatic carbocycles. The fourth-order valence-corrected chi connectivity index (χ4v) is 4.56. The lowest BCUT2D eigenvalue weighted by Gasteiger charge is -2.11. The van der Waals surface area contributed by atoms with E-state index in [4.69, 9.17) is 5.26 Å². The molecule has 0 spiro atoms. The first-order chi connectivity index (χ1) is 16.6. The van der Waals surface area contributed by atoms with Crippen molar-refractivity contribution in [2.24, 2.45) is 4.99 Å². The van der Waals surface area contributed by atoms with Crippen molar-refractivity contribution < 1.29 is 8.42 Å². The Morgan fingerprint density at radius 2 is 1.41 bits per heavy atom. The Balaban J connectivity index is 1.44. The number of hydrogen-bond donors (Lipinski definition) is 2. The molecular weight excluding hydrogens is 446 g/mol. The third kappa shape index (κ3) is 5.46. The van der Waals surface area contributed by atoms with Crippen molar-refractivity contribution in [3.05, 3.63) is 109 Å². The van der Waals surface area contributed by atoms with Gasteiger partial charge in [-0.3, -0.25) is 4.98 Å². The number of guanidine groups is 1. The van der Waals surface area contributed by atoms with Crippen LogP contribution in [0.1, 0.15) is 5.56 Å². The summed E-state index contributed by atoms with van der Waals surface area (Å²) in [6.07, 6.45) is 5.01. The SMILES string of the molecule is N#C/N=C(\NCc1ccc(S(=O)(=O)c2ccc(-c3ccccc3)cc2)cc1)Nc1ccncc1. The number of nitrogens with one attached hydrogen (secondary N) is 2. The highest BCUT2D eigenvalue weighted by Gasteiger charge is 2.17. The Hall–Kier alpha value is -4.48. The molecule has 0 fully saturated rings. The maximum absolute atomic E-state index is 13.1. The van der Waals surface area contributed by atoms with Crippen LogP contribution in [0.5, 0.6) is 0 Å². The van der Waals surface area contributed by atoms with E-state index in [1.807, 2.05) is 42.5 Å². The second-order valence-electron chi connectivity index (χ2n) is 7.31. The molecule has 34 heavy (non-hydrogen) atoms. The molecule has 1 heterocycles. The van der Waals surface area contributed by atoms with Gasteiger partial charge in [0.05, 0.1) is 9.79 Å².